The third-order valence-electron chi connectivity index (χ3n) is 5.47. The summed E-state index contributed by atoms with van der Waals surface area (Å²) in [5, 5.41) is 3.44. The number of sulfone groups is 1. The molecular formula is C17H31N3O2S2. The van der Waals surface area contributed by atoms with Gasteiger partial charge in [0.05, 0.1) is 11.5 Å². The Hall–Kier alpha value is -0.430. The fraction of sp³-hybridized carbons (Fsp3) is 0.941. The maximum atomic E-state index is 11.6. The number of hydrogen-bond acceptors (Lipinski definition) is 4. The Morgan fingerprint density at radius 3 is 2.79 bits per heavy atom. The van der Waals surface area contributed by atoms with Crippen molar-refractivity contribution >= 4 is 27.6 Å². The van der Waals surface area contributed by atoms with Crippen LogP contribution in [0.5, 0.6) is 0 Å². The van der Waals surface area contributed by atoms with Gasteiger partial charge in [-0.1, -0.05) is 19.3 Å². The van der Waals surface area contributed by atoms with E-state index in [9.17, 15) is 8.42 Å². The smallest absolute Gasteiger partial charge is 0.193 e. The Morgan fingerprint density at radius 2 is 2.12 bits per heavy atom. The van der Waals surface area contributed by atoms with Crippen LogP contribution in [0.2, 0.25) is 0 Å². The zero-order chi connectivity index (χ0) is 17.0. The summed E-state index contributed by atoms with van der Waals surface area (Å²) in [5.74, 6) is 3.02. The summed E-state index contributed by atoms with van der Waals surface area (Å²) in [7, 11) is -2.81. The molecule has 2 heterocycles. The molecule has 0 aromatic carbocycles. The van der Waals surface area contributed by atoms with Gasteiger partial charge in [-0.2, -0.15) is 11.8 Å². The van der Waals surface area contributed by atoms with Crippen LogP contribution in [0, 0.1) is 5.92 Å². The van der Waals surface area contributed by atoms with E-state index in [1.54, 1.807) is 0 Å². The molecule has 2 saturated heterocycles. The van der Waals surface area contributed by atoms with Crippen LogP contribution in [-0.2, 0) is 9.84 Å². The molecule has 24 heavy (non-hydrogen) atoms. The third-order valence-corrected chi connectivity index (χ3v) is 8.85. The number of nitrogens with zero attached hydrogens (tertiary/aromatic N) is 2. The second kappa shape index (κ2) is 7.85. The van der Waals surface area contributed by atoms with Gasteiger partial charge in [-0.15, -0.1) is 0 Å². The molecule has 0 amide bonds. The molecule has 0 bridgehead atoms. The monoisotopic (exact) mass is 373 g/mol. The molecule has 1 saturated carbocycles. The normalized spacial score (nSPS) is 29.8. The van der Waals surface area contributed by atoms with Crippen LogP contribution in [0.4, 0.5) is 0 Å². The third kappa shape index (κ3) is 4.59. The van der Waals surface area contributed by atoms with E-state index < -0.39 is 9.84 Å². The highest BCUT2D eigenvalue weighted by molar-refractivity contribution is 8.00. The Labute approximate surface area is 151 Å². The van der Waals surface area contributed by atoms with Gasteiger partial charge in [0.15, 0.2) is 15.8 Å². The summed E-state index contributed by atoms with van der Waals surface area (Å²) in [6.07, 6.45) is 7.52. The molecule has 7 heteroatoms. The van der Waals surface area contributed by atoms with Crippen molar-refractivity contribution in [3.8, 4) is 0 Å². The van der Waals surface area contributed by atoms with Crippen LogP contribution in [0.1, 0.15) is 45.4 Å². The highest BCUT2D eigenvalue weighted by atomic mass is 32.2. The first-order chi connectivity index (χ1) is 11.5. The van der Waals surface area contributed by atoms with Crippen molar-refractivity contribution in [2.45, 2.75) is 50.2 Å². The number of hydrogen-bond donors (Lipinski definition) is 1. The molecule has 3 fully saturated rings. The second-order valence-corrected chi connectivity index (χ2v) is 11.3. The molecule has 0 aromatic heterocycles. The van der Waals surface area contributed by atoms with Crippen LogP contribution in [0.25, 0.3) is 0 Å². The van der Waals surface area contributed by atoms with E-state index in [0.29, 0.717) is 22.8 Å². The van der Waals surface area contributed by atoms with E-state index in [-0.39, 0.29) is 5.92 Å². The quantitative estimate of drug-likeness (QED) is 0.607. The summed E-state index contributed by atoms with van der Waals surface area (Å²) in [6.45, 7) is 5.73. The molecule has 1 spiro atoms. The molecule has 0 aromatic rings. The number of rotatable bonds is 3. The van der Waals surface area contributed by atoms with Gasteiger partial charge in [0.1, 0.15) is 0 Å². The standard InChI is InChI=1S/C17H31N3O2S2/c1-2-18-16(19-12-15-6-11-24(21,22)13-15)20-9-10-23-17(14-20)7-4-3-5-8-17/h15H,2-14H2,1H3,(H,18,19). The fourth-order valence-electron chi connectivity index (χ4n) is 4.18. The molecule has 1 unspecified atom stereocenters. The Morgan fingerprint density at radius 1 is 1.33 bits per heavy atom. The van der Waals surface area contributed by atoms with Crippen molar-refractivity contribution in [2.75, 3.05) is 43.4 Å². The Bertz CT molecular complexity index is 551. The molecular weight excluding hydrogens is 342 g/mol. The summed E-state index contributed by atoms with van der Waals surface area (Å²) in [5.41, 5.74) is 0. The predicted molar refractivity (Wildman–Crippen MR) is 103 cm³/mol. The molecule has 3 rings (SSSR count). The zero-order valence-corrected chi connectivity index (χ0v) is 16.4. The lowest BCUT2D eigenvalue weighted by Gasteiger charge is -2.45. The van der Waals surface area contributed by atoms with Crippen molar-refractivity contribution in [1.82, 2.24) is 10.2 Å². The molecule has 1 aliphatic carbocycles. The number of aliphatic imine (C=N–C) groups is 1. The van der Waals surface area contributed by atoms with Crippen LogP contribution < -0.4 is 5.32 Å². The first kappa shape index (κ1) is 18.4. The SMILES string of the molecule is CCNC(=NCC1CCS(=O)(=O)C1)N1CCSC2(CCCCC2)C1. The van der Waals surface area contributed by atoms with Crippen LogP contribution >= 0.6 is 11.8 Å². The van der Waals surface area contributed by atoms with E-state index in [4.69, 9.17) is 4.99 Å². The highest BCUT2D eigenvalue weighted by Gasteiger charge is 2.38. The summed E-state index contributed by atoms with van der Waals surface area (Å²) >= 11 is 2.17. The minimum Gasteiger partial charge on any atom is -0.357 e. The lowest BCUT2D eigenvalue weighted by atomic mass is 9.87. The van der Waals surface area contributed by atoms with Gasteiger partial charge in [0.2, 0.25) is 0 Å². The largest absolute Gasteiger partial charge is 0.357 e. The summed E-state index contributed by atoms with van der Waals surface area (Å²) < 4.78 is 23.7. The molecule has 0 radical (unpaired) electrons. The lowest BCUT2D eigenvalue weighted by Crippen LogP contribution is -2.53. The molecule has 138 valence electrons. The molecule has 3 aliphatic rings. The van der Waals surface area contributed by atoms with E-state index in [0.717, 1.165) is 32.0 Å². The van der Waals surface area contributed by atoms with Crippen molar-refractivity contribution in [3.63, 3.8) is 0 Å². The molecule has 2 aliphatic heterocycles. The van der Waals surface area contributed by atoms with Crippen LogP contribution in [0.15, 0.2) is 4.99 Å². The van der Waals surface area contributed by atoms with E-state index in [1.807, 2.05) is 0 Å². The first-order valence-corrected chi connectivity index (χ1v) is 12.2. The highest BCUT2D eigenvalue weighted by Crippen LogP contribution is 2.42. The minimum absolute atomic E-state index is 0.200. The van der Waals surface area contributed by atoms with Gasteiger partial charge in [-0.05, 0) is 32.1 Å². The summed E-state index contributed by atoms with van der Waals surface area (Å²) in [6, 6.07) is 0. The maximum Gasteiger partial charge on any atom is 0.193 e. The van der Waals surface area contributed by atoms with Gasteiger partial charge < -0.3 is 10.2 Å². The minimum atomic E-state index is -2.81. The van der Waals surface area contributed by atoms with E-state index in [2.05, 4.69) is 28.9 Å². The molecule has 1 N–H and O–H groups in total. The van der Waals surface area contributed by atoms with Gasteiger partial charge in [-0.25, -0.2) is 8.42 Å². The fourth-order valence-corrected chi connectivity index (χ4v) is 7.60. The van der Waals surface area contributed by atoms with Crippen molar-refractivity contribution in [2.24, 2.45) is 10.9 Å². The van der Waals surface area contributed by atoms with Crippen molar-refractivity contribution < 1.29 is 8.42 Å². The van der Waals surface area contributed by atoms with E-state index >= 15 is 0 Å². The number of nitrogens with one attached hydrogen (secondary N) is 1. The van der Waals surface area contributed by atoms with Crippen LogP contribution in [-0.4, -0.2) is 67.5 Å². The number of thioether (sulfide) groups is 1. The van der Waals surface area contributed by atoms with Crippen molar-refractivity contribution in [3.05, 3.63) is 0 Å². The van der Waals surface area contributed by atoms with Crippen LogP contribution in [0.3, 0.4) is 0 Å². The zero-order valence-electron chi connectivity index (χ0n) is 14.8. The first-order valence-electron chi connectivity index (χ1n) is 9.40. The Kier molecular flexibility index (Phi) is 6.01. The van der Waals surface area contributed by atoms with Gasteiger partial charge in [0.25, 0.3) is 0 Å². The molecule has 1 atom stereocenters. The topological polar surface area (TPSA) is 61.8 Å². The van der Waals surface area contributed by atoms with Gasteiger partial charge >= 0.3 is 0 Å². The predicted octanol–water partition coefficient (Wildman–Crippen LogP) is 2.14. The van der Waals surface area contributed by atoms with Crippen molar-refractivity contribution in [1.29, 1.82) is 0 Å². The van der Waals surface area contributed by atoms with Gasteiger partial charge in [-0.3, -0.25) is 4.99 Å². The Balaban J connectivity index is 1.64. The number of guanidine groups is 1. The van der Waals surface area contributed by atoms with E-state index in [1.165, 1.54) is 37.9 Å². The second-order valence-electron chi connectivity index (χ2n) is 7.48. The maximum absolute atomic E-state index is 11.6. The average molecular weight is 374 g/mol. The summed E-state index contributed by atoms with van der Waals surface area (Å²) in [4.78, 5) is 7.25. The average Bonchev–Trinajstić information content (AvgIpc) is 2.91. The van der Waals surface area contributed by atoms with Gasteiger partial charge in [0, 0.05) is 36.7 Å². The molecule has 5 nitrogen and oxygen atoms in total. The lowest BCUT2D eigenvalue weighted by molar-refractivity contribution is 0.293.